The fraction of sp³-hybridized carbons (Fsp3) is 0.696. The molecule has 184 valence electrons. The van der Waals surface area contributed by atoms with Crippen LogP contribution in [0.15, 0.2) is 24.3 Å². The van der Waals surface area contributed by atoms with E-state index in [0.29, 0.717) is 12.3 Å². The summed E-state index contributed by atoms with van der Waals surface area (Å²) in [5.41, 5.74) is 1.27. The molecule has 0 unspecified atom stereocenters. The van der Waals surface area contributed by atoms with Crippen molar-refractivity contribution in [3.05, 3.63) is 29.8 Å². The zero-order valence-corrected chi connectivity index (χ0v) is 20.4. The summed E-state index contributed by atoms with van der Waals surface area (Å²) in [6, 6.07) is 7.07. The molecule has 2 fully saturated rings. The van der Waals surface area contributed by atoms with Crippen LogP contribution in [0.1, 0.15) is 50.5 Å². The van der Waals surface area contributed by atoms with E-state index in [0.717, 1.165) is 35.7 Å². The lowest BCUT2D eigenvalue weighted by molar-refractivity contribution is -0.0115. The summed E-state index contributed by atoms with van der Waals surface area (Å²) in [5, 5.41) is 0. The van der Waals surface area contributed by atoms with Gasteiger partial charge in [0.15, 0.2) is 0 Å². The van der Waals surface area contributed by atoms with Crippen molar-refractivity contribution in [2.45, 2.75) is 69.2 Å². The molecule has 5 rings (SSSR count). The molecule has 1 amide bonds. The number of carbonyl (C=O) groups is 1. The van der Waals surface area contributed by atoms with Gasteiger partial charge in [-0.1, -0.05) is 12.1 Å². The van der Waals surface area contributed by atoms with E-state index >= 15 is 0 Å². The number of fused-ring (bicyclic) bond motifs is 7. The summed E-state index contributed by atoms with van der Waals surface area (Å²) >= 11 is 0. The highest BCUT2D eigenvalue weighted by Crippen LogP contribution is 2.36. The topological polar surface area (TPSA) is 97.4 Å². The van der Waals surface area contributed by atoms with Crippen molar-refractivity contribution in [1.29, 1.82) is 0 Å². The fourth-order valence-corrected chi connectivity index (χ4v) is 5.96. The Morgan fingerprint density at radius 2 is 1.82 bits per heavy atom. The van der Waals surface area contributed by atoms with Crippen LogP contribution >= 0.6 is 0 Å². The molecule has 1 saturated carbocycles. The van der Waals surface area contributed by atoms with E-state index in [1.54, 1.807) is 4.90 Å². The lowest BCUT2D eigenvalue weighted by Gasteiger charge is -2.34. The van der Waals surface area contributed by atoms with E-state index in [2.05, 4.69) is 16.9 Å². The normalized spacial score (nSPS) is 31.2. The number of amides is 1. The van der Waals surface area contributed by atoms with Gasteiger partial charge in [0.25, 0.3) is 10.2 Å². The largest absolute Gasteiger partial charge is 0.490 e. The highest BCUT2D eigenvalue weighted by Gasteiger charge is 2.45. The van der Waals surface area contributed by atoms with Crippen LogP contribution in [0.2, 0.25) is 0 Å². The van der Waals surface area contributed by atoms with Gasteiger partial charge >= 0.3 is 6.09 Å². The van der Waals surface area contributed by atoms with Crippen molar-refractivity contribution in [3.63, 3.8) is 0 Å². The minimum atomic E-state index is -3.65. The Kier molecular flexibility index (Phi) is 7.47. The van der Waals surface area contributed by atoms with Gasteiger partial charge in [-0.2, -0.15) is 17.4 Å². The molecule has 1 aromatic rings. The SMILES string of the molecule is C[C@@H]1C[C@H](NS(=O)(=O)N(C)C)[C@@H]2COC3CCC(CC3)c3cccc(c3)OCCOC(=O)N12. The monoisotopic (exact) mass is 481 g/mol. The Hall–Kier alpha value is -1.88. The molecule has 1 aromatic carbocycles. The van der Waals surface area contributed by atoms with Gasteiger partial charge in [-0.05, 0) is 62.6 Å². The van der Waals surface area contributed by atoms with Crippen LogP contribution in [-0.4, -0.2) is 81.9 Å². The molecule has 3 aliphatic heterocycles. The van der Waals surface area contributed by atoms with Gasteiger partial charge in [0.2, 0.25) is 0 Å². The number of hydrogen-bond acceptors (Lipinski definition) is 6. The zero-order chi connectivity index (χ0) is 23.6. The second-order valence-corrected chi connectivity index (χ2v) is 11.3. The van der Waals surface area contributed by atoms with Gasteiger partial charge in [0, 0.05) is 26.2 Å². The molecule has 3 heterocycles. The second kappa shape index (κ2) is 10.2. The van der Waals surface area contributed by atoms with E-state index in [1.165, 1.54) is 19.7 Å². The van der Waals surface area contributed by atoms with Crippen molar-refractivity contribution in [1.82, 2.24) is 13.9 Å². The number of hydrogen-bond donors (Lipinski definition) is 1. The third-order valence-electron chi connectivity index (χ3n) is 6.97. The predicted octanol–water partition coefficient (Wildman–Crippen LogP) is 2.49. The average molecular weight is 482 g/mol. The summed E-state index contributed by atoms with van der Waals surface area (Å²) in [5.74, 6) is 1.25. The number of carbonyl (C=O) groups excluding carboxylic acids is 1. The van der Waals surface area contributed by atoms with Crippen molar-refractivity contribution in [3.8, 4) is 5.75 Å². The van der Waals surface area contributed by atoms with Crippen LogP contribution in [0, 0.1) is 0 Å². The maximum Gasteiger partial charge on any atom is 0.410 e. The van der Waals surface area contributed by atoms with Crippen molar-refractivity contribution >= 4 is 16.3 Å². The van der Waals surface area contributed by atoms with Gasteiger partial charge in [-0.25, -0.2) is 4.79 Å². The molecule has 1 N–H and O–H groups in total. The maximum absolute atomic E-state index is 13.0. The van der Waals surface area contributed by atoms with E-state index in [-0.39, 0.29) is 32.0 Å². The predicted molar refractivity (Wildman–Crippen MR) is 123 cm³/mol. The van der Waals surface area contributed by atoms with Crippen LogP contribution in [0.3, 0.4) is 0 Å². The summed E-state index contributed by atoms with van der Waals surface area (Å²) < 4.78 is 46.5. The Bertz CT molecular complexity index is 932. The summed E-state index contributed by atoms with van der Waals surface area (Å²) in [4.78, 5) is 14.6. The molecular weight excluding hydrogens is 446 g/mol. The number of rotatable bonds is 3. The minimum Gasteiger partial charge on any atom is -0.490 e. The molecule has 33 heavy (non-hydrogen) atoms. The Morgan fingerprint density at radius 1 is 1.09 bits per heavy atom. The standard InChI is InChI=1S/C23H35N3O6S/c1-16-13-21(24-33(28,29)25(2)3)22-15-32-19-9-7-17(8-10-19)18-5-4-6-20(14-18)30-11-12-31-23(27)26(16)22/h4-6,14,16-17,19,21-22,24H,7-13,15H2,1-3H3/t16-,17?,19?,21+,22+/m1/s1. The maximum atomic E-state index is 13.0. The molecule has 4 bridgehead atoms. The number of nitrogens with zero attached hydrogens (tertiary/aromatic N) is 2. The third-order valence-corrected chi connectivity index (χ3v) is 8.53. The average Bonchev–Trinajstić information content (AvgIpc) is 3.09. The van der Waals surface area contributed by atoms with E-state index in [9.17, 15) is 13.2 Å². The first-order valence-electron chi connectivity index (χ1n) is 11.7. The number of nitrogens with one attached hydrogen (secondary N) is 1. The lowest BCUT2D eigenvalue weighted by atomic mass is 9.82. The van der Waals surface area contributed by atoms with Crippen LogP contribution in [0.5, 0.6) is 5.75 Å². The molecule has 0 aromatic heterocycles. The van der Waals surface area contributed by atoms with Gasteiger partial charge in [0.1, 0.15) is 19.0 Å². The second-order valence-electron chi connectivity index (χ2n) is 9.41. The van der Waals surface area contributed by atoms with Crippen LogP contribution < -0.4 is 9.46 Å². The van der Waals surface area contributed by atoms with E-state index < -0.39 is 28.4 Å². The first-order chi connectivity index (χ1) is 15.7. The van der Waals surface area contributed by atoms with Gasteiger partial charge < -0.3 is 14.2 Å². The molecule has 1 saturated heterocycles. The zero-order valence-electron chi connectivity index (χ0n) is 19.6. The lowest BCUT2D eigenvalue weighted by Crippen LogP contribution is -2.52. The van der Waals surface area contributed by atoms with Crippen molar-refractivity contribution in [2.75, 3.05) is 33.9 Å². The first kappa shape index (κ1) is 24.3. The van der Waals surface area contributed by atoms with Crippen LogP contribution in [0.25, 0.3) is 0 Å². The Labute approximate surface area is 196 Å². The third kappa shape index (κ3) is 5.62. The molecule has 3 atom stereocenters. The molecule has 1 aliphatic carbocycles. The fourth-order valence-electron chi connectivity index (χ4n) is 5.11. The van der Waals surface area contributed by atoms with Crippen LogP contribution in [-0.2, 0) is 19.7 Å². The van der Waals surface area contributed by atoms with Gasteiger partial charge in [-0.15, -0.1) is 0 Å². The summed E-state index contributed by atoms with van der Waals surface area (Å²) in [6.45, 7) is 2.53. The smallest absolute Gasteiger partial charge is 0.410 e. The molecular formula is C23H35N3O6S. The van der Waals surface area contributed by atoms with Gasteiger partial charge in [-0.3, -0.25) is 4.90 Å². The molecule has 0 spiro atoms. The quantitative estimate of drug-likeness (QED) is 0.713. The first-order valence-corrected chi connectivity index (χ1v) is 13.2. The minimum absolute atomic E-state index is 0.0912. The van der Waals surface area contributed by atoms with Gasteiger partial charge in [0.05, 0.1) is 18.8 Å². The number of ether oxygens (including phenoxy) is 3. The molecule has 4 aliphatic rings. The summed E-state index contributed by atoms with van der Waals surface area (Å²) in [6.07, 6.45) is 4.01. The Morgan fingerprint density at radius 3 is 2.55 bits per heavy atom. The Balaban J connectivity index is 1.54. The molecule has 10 heteroatoms. The van der Waals surface area contributed by atoms with Crippen molar-refractivity contribution in [2.24, 2.45) is 0 Å². The molecule has 9 nitrogen and oxygen atoms in total. The van der Waals surface area contributed by atoms with Crippen molar-refractivity contribution < 1.29 is 27.4 Å². The summed E-state index contributed by atoms with van der Waals surface area (Å²) in [7, 11) is -0.688. The van der Waals surface area contributed by atoms with E-state index in [4.69, 9.17) is 14.2 Å². The van der Waals surface area contributed by atoms with E-state index in [1.807, 2.05) is 19.1 Å². The van der Waals surface area contributed by atoms with Crippen LogP contribution in [0.4, 0.5) is 4.79 Å². The number of benzene rings is 1. The molecule has 0 radical (unpaired) electrons. The highest BCUT2D eigenvalue weighted by atomic mass is 32.2. The highest BCUT2D eigenvalue weighted by molar-refractivity contribution is 7.87.